The van der Waals surface area contributed by atoms with E-state index in [1.807, 2.05) is 21.1 Å². The molecule has 1 N–H and O–H groups in total. The summed E-state index contributed by atoms with van der Waals surface area (Å²) in [6.45, 7) is 4.25. The van der Waals surface area contributed by atoms with Crippen molar-refractivity contribution in [1.29, 1.82) is 0 Å². The standard InChI is InChI=1S/C76H130NO8P/c1-6-8-10-12-14-16-18-20-22-24-26-28-30-32-34-36-37-38-39-41-42-44-46-48-50-52-54-56-58-60-62-64-66-68-75(78)82-72-74(73-84-86(80,81)83-71-70-77(3,4)5)85-76(79)69-67-65-63-61-59-57-55-53-51-49-47-45-43-40-35-33-31-29-27-25-23-21-19-17-15-13-11-9-7-2/h9,11,15,17-18,20-21,23-24,26-27,29,33,35,43,45,49,51,55,57,61,63,74H,6-8,10,12-14,16,19,22,25,28,30-32,34,36-42,44,46-48,50,52-54,56,58-60,62,64-73H2,1-5H3/p+1/b11-9-,17-15-,20-18-,23-21-,26-24-,29-27-,35-33-,45-43-,51-49-,57-55-,63-61-. The first-order chi connectivity index (χ1) is 42.0. The number of likely N-dealkylation sites (N-methyl/N-ethyl adjacent to an activating group) is 1. The molecule has 0 aromatic heterocycles. The molecule has 0 amide bonds. The Morgan fingerprint density at radius 1 is 0.372 bits per heavy atom. The fourth-order valence-electron chi connectivity index (χ4n) is 9.34. The van der Waals surface area contributed by atoms with Crippen LogP contribution in [0.3, 0.4) is 0 Å². The maximum absolute atomic E-state index is 12.8. The maximum Gasteiger partial charge on any atom is 0.472 e. The van der Waals surface area contributed by atoms with Gasteiger partial charge in [0.05, 0.1) is 27.7 Å². The largest absolute Gasteiger partial charge is 0.472 e. The zero-order valence-electron chi connectivity index (χ0n) is 56.0. The molecule has 0 aliphatic carbocycles. The first-order valence-electron chi connectivity index (χ1n) is 34.9. The van der Waals surface area contributed by atoms with E-state index in [0.717, 1.165) is 83.5 Å². The van der Waals surface area contributed by atoms with Gasteiger partial charge in [0.15, 0.2) is 6.10 Å². The molecule has 0 aliphatic heterocycles. The Kier molecular flexibility index (Phi) is 62.7. The number of ether oxygens (including phenoxy) is 2. The van der Waals surface area contributed by atoms with Gasteiger partial charge in [-0.1, -0.05) is 295 Å². The molecule has 0 aliphatic rings. The molecule has 0 fully saturated rings. The predicted octanol–water partition coefficient (Wildman–Crippen LogP) is 22.8. The fraction of sp³-hybridized carbons (Fsp3) is 0.684. The van der Waals surface area contributed by atoms with E-state index >= 15 is 0 Å². The van der Waals surface area contributed by atoms with Crippen LogP contribution in [0, 0.1) is 0 Å². The molecule has 86 heavy (non-hydrogen) atoms. The number of carbonyl (C=O) groups is 2. The number of allylic oxidation sites excluding steroid dienone is 22. The Morgan fingerprint density at radius 3 is 1.02 bits per heavy atom. The number of unbranched alkanes of at least 4 members (excludes halogenated alkanes) is 27. The summed E-state index contributed by atoms with van der Waals surface area (Å²) in [5, 5.41) is 0. The van der Waals surface area contributed by atoms with Crippen molar-refractivity contribution in [3.05, 3.63) is 134 Å². The molecule has 0 aromatic rings. The molecule has 2 unspecified atom stereocenters. The van der Waals surface area contributed by atoms with Crippen LogP contribution in [0.5, 0.6) is 0 Å². The second-order valence-electron chi connectivity index (χ2n) is 24.2. The second-order valence-corrected chi connectivity index (χ2v) is 25.6. The van der Waals surface area contributed by atoms with Crippen LogP contribution in [0.25, 0.3) is 0 Å². The van der Waals surface area contributed by atoms with Crippen LogP contribution in [0.15, 0.2) is 134 Å². The summed E-state index contributed by atoms with van der Waals surface area (Å²) in [6, 6.07) is 0. The van der Waals surface area contributed by atoms with Gasteiger partial charge in [-0.15, -0.1) is 0 Å². The lowest BCUT2D eigenvalue weighted by atomic mass is 10.0. The molecule has 2 atom stereocenters. The summed E-state index contributed by atoms with van der Waals surface area (Å²) in [5.41, 5.74) is 0. The van der Waals surface area contributed by atoms with E-state index in [0.29, 0.717) is 23.9 Å². The van der Waals surface area contributed by atoms with Crippen LogP contribution >= 0.6 is 7.82 Å². The number of hydrogen-bond donors (Lipinski definition) is 1. The van der Waals surface area contributed by atoms with Gasteiger partial charge >= 0.3 is 19.8 Å². The third-order valence-electron chi connectivity index (χ3n) is 14.7. The molecule has 9 nitrogen and oxygen atoms in total. The molecule has 492 valence electrons. The van der Waals surface area contributed by atoms with Crippen molar-refractivity contribution in [3.8, 4) is 0 Å². The van der Waals surface area contributed by atoms with E-state index in [2.05, 4.69) is 148 Å². The Hall–Kier alpha value is -3.85. The quantitative estimate of drug-likeness (QED) is 0.0211. The van der Waals surface area contributed by atoms with E-state index in [1.54, 1.807) is 0 Å². The Morgan fingerprint density at radius 2 is 0.674 bits per heavy atom. The highest BCUT2D eigenvalue weighted by molar-refractivity contribution is 7.47. The molecule has 0 radical (unpaired) electrons. The van der Waals surface area contributed by atoms with E-state index in [-0.39, 0.29) is 32.0 Å². The average Bonchev–Trinajstić information content (AvgIpc) is 3.67. The van der Waals surface area contributed by atoms with Gasteiger partial charge in [0.1, 0.15) is 19.8 Å². The molecule has 0 aromatic carbocycles. The van der Waals surface area contributed by atoms with Crippen molar-refractivity contribution < 1.29 is 42.1 Å². The molecular weight excluding hydrogens is 1090 g/mol. The number of hydrogen-bond acceptors (Lipinski definition) is 7. The lowest BCUT2D eigenvalue weighted by molar-refractivity contribution is -0.870. The van der Waals surface area contributed by atoms with Crippen molar-refractivity contribution >= 4 is 19.8 Å². The average molecular weight is 1220 g/mol. The zero-order chi connectivity index (χ0) is 62.6. The Bertz CT molecular complexity index is 1910. The minimum absolute atomic E-state index is 0.0148. The van der Waals surface area contributed by atoms with Crippen molar-refractivity contribution in [3.63, 3.8) is 0 Å². The predicted molar refractivity (Wildman–Crippen MR) is 371 cm³/mol. The topological polar surface area (TPSA) is 108 Å². The highest BCUT2D eigenvalue weighted by Crippen LogP contribution is 2.43. The molecule has 0 heterocycles. The number of nitrogens with zero attached hydrogens (tertiary/aromatic N) is 1. The number of quaternary nitrogens is 1. The van der Waals surface area contributed by atoms with Gasteiger partial charge in [-0.25, -0.2) is 4.57 Å². The lowest BCUT2D eigenvalue weighted by Crippen LogP contribution is -2.37. The molecule has 0 spiro atoms. The highest BCUT2D eigenvalue weighted by atomic mass is 31.2. The lowest BCUT2D eigenvalue weighted by Gasteiger charge is -2.24. The first kappa shape index (κ1) is 82.1. The van der Waals surface area contributed by atoms with Gasteiger partial charge in [0, 0.05) is 12.8 Å². The summed E-state index contributed by atoms with van der Waals surface area (Å²) >= 11 is 0. The molecule has 0 bridgehead atoms. The van der Waals surface area contributed by atoms with Gasteiger partial charge in [0.25, 0.3) is 0 Å². The van der Waals surface area contributed by atoms with Gasteiger partial charge in [-0.05, 0) is 109 Å². The van der Waals surface area contributed by atoms with Crippen molar-refractivity contribution in [1.82, 2.24) is 0 Å². The molecule has 0 rings (SSSR count). The van der Waals surface area contributed by atoms with Crippen LogP contribution < -0.4 is 0 Å². The normalized spacial score (nSPS) is 14.0. The molecule has 0 saturated carbocycles. The summed E-state index contributed by atoms with van der Waals surface area (Å²) in [4.78, 5) is 35.8. The Labute approximate surface area is 530 Å². The van der Waals surface area contributed by atoms with E-state index < -0.39 is 26.5 Å². The van der Waals surface area contributed by atoms with Crippen molar-refractivity contribution in [2.24, 2.45) is 0 Å². The second kappa shape index (κ2) is 65.6. The first-order valence-corrected chi connectivity index (χ1v) is 36.4. The van der Waals surface area contributed by atoms with E-state index in [9.17, 15) is 19.0 Å². The van der Waals surface area contributed by atoms with Crippen LogP contribution in [-0.4, -0.2) is 74.9 Å². The van der Waals surface area contributed by atoms with Crippen LogP contribution in [0.1, 0.15) is 284 Å². The minimum atomic E-state index is -4.42. The SMILES string of the molecule is CC/C=C\C/C=C\C/C=C\C/C=C\C/C=C\C/C=C\C/C=C\C/C=C\C/C=C\CCCC(=O)OC(COC(=O)CCCCCCCCCCCCCCCCCCCCCCC/C=C\C/C=C\CCCCCCC)COP(=O)(O)OCC[N+](C)(C)C. The number of carbonyl (C=O) groups excluding carboxylic acids is 2. The smallest absolute Gasteiger partial charge is 0.462 e. The monoisotopic (exact) mass is 1220 g/mol. The van der Waals surface area contributed by atoms with Crippen LogP contribution in [0.4, 0.5) is 0 Å². The summed E-state index contributed by atoms with van der Waals surface area (Å²) < 4.78 is 34.6. The van der Waals surface area contributed by atoms with Crippen molar-refractivity contribution in [2.75, 3.05) is 47.5 Å². The highest BCUT2D eigenvalue weighted by Gasteiger charge is 2.27. The van der Waals surface area contributed by atoms with Gasteiger partial charge in [0.2, 0.25) is 0 Å². The van der Waals surface area contributed by atoms with E-state index in [1.165, 1.54) is 161 Å². The molecule has 10 heteroatoms. The minimum Gasteiger partial charge on any atom is -0.462 e. The third kappa shape index (κ3) is 69.3. The third-order valence-corrected chi connectivity index (χ3v) is 15.6. The Balaban J connectivity index is 4.14. The summed E-state index contributed by atoms with van der Waals surface area (Å²) in [6.07, 6.45) is 95.7. The summed E-state index contributed by atoms with van der Waals surface area (Å²) in [7, 11) is 1.43. The summed E-state index contributed by atoms with van der Waals surface area (Å²) in [5.74, 6) is -0.868. The van der Waals surface area contributed by atoms with Gasteiger partial charge < -0.3 is 18.9 Å². The fourth-order valence-corrected chi connectivity index (χ4v) is 10.1. The maximum atomic E-state index is 12.8. The van der Waals surface area contributed by atoms with Gasteiger partial charge in [-0.2, -0.15) is 0 Å². The molecule has 0 saturated heterocycles. The van der Waals surface area contributed by atoms with Gasteiger partial charge in [-0.3, -0.25) is 18.6 Å². The number of phosphoric ester groups is 1. The number of phosphoric acid groups is 1. The zero-order valence-corrected chi connectivity index (χ0v) is 56.9. The van der Waals surface area contributed by atoms with Crippen molar-refractivity contribution in [2.45, 2.75) is 290 Å². The number of rotatable bonds is 63. The molecular formula is C76H131NO8P+. The van der Waals surface area contributed by atoms with Crippen LogP contribution in [0.2, 0.25) is 0 Å². The van der Waals surface area contributed by atoms with Crippen LogP contribution in [-0.2, 0) is 32.7 Å². The number of esters is 2. The van der Waals surface area contributed by atoms with E-state index in [4.69, 9.17) is 18.5 Å².